The number of hydrogen-bond acceptors (Lipinski definition) is 5. The lowest BCUT2D eigenvalue weighted by atomic mass is 9.95. The summed E-state index contributed by atoms with van der Waals surface area (Å²) < 4.78 is 21.2. The number of nitrogens with one attached hydrogen (secondary N) is 1. The van der Waals surface area contributed by atoms with Gasteiger partial charge >= 0.3 is 0 Å². The summed E-state index contributed by atoms with van der Waals surface area (Å²) in [6, 6.07) is 14.1. The van der Waals surface area contributed by atoms with Crippen molar-refractivity contribution in [2.75, 3.05) is 11.9 Å². The lowest BCUT2D eigenvalue weighted by molar-refractivity contribution is -0.118. The number of amides is 1. The number of rotatable bonds is 6. The van der Waals surface area contributed by atoms with Crippen molar-refractivity contribution in [2.45, 2.75) is 26.2 Å². The molecule has 1 heterocycles. The minimum atomic E-state index is -0.586. The molecular formula is C27H22BrCl2FN4O3. The van der Waals surface area contributed by atoms with Crippen molar-refractivity contribution in [1.29, 1.82) is 0 Å². The molecule has 3 aromatic carbocycles. The number of carbonyl (C=O) groups excluding carboxylic acids is 1. The molecule has 196 valence electrons. The SMILES string of the molecule is CC(C)(C)c1nc2ccc(Br)cc2c(=O)n1N=Cc1cc(Cl)c(OCC(=O)Nc2ccccc2F)c(Cl)c1. The summed E-state index contributed by atoms with van der Waals surface area (Å²) in [7, 11) is 0. The van der Waals surface area contributed by atoms with Gasteiger partial charge in [-0.3, -0.25) is 9.59 Å². The van der Waals surface area contributed by atoms with Crippen LogP contribution in [-0.4, -0.2) is 28.4 Å². The highest BCUT2D eigenvalue weighted by Gasteiger charge is 2.23. The molecular weight excluding hydrogens is 598 g/mol. The van der Waals surface area contributed by atoms with Gasteiger partial charge in [0.2, 0.25) is 0 Å². The van der Waals surface area contributed by atoms with E-state index in [1.165, 1.54) is 41.2 Å². The van der Waals surface area contributed by atoms with Crippen LogP contribution in [0.15, 0.2) is 69.0 Å². The molecule has 0 aliphatic carbocycles. The first kappa shape index (κ1) is 27.8. The number of fused-ring (bicyclic) bond motifs is 1. The van der Waals surface area contributed by atoms with Crippen LogP contribution < -0.4 is 15.6 Å². The molecule has 38 heavy (non-hydrogen) atoms. The third-order valence-electron chi connectivity index (χ3n) is 5.32. The summed E-state index contributed by atoms with van der Waals surface area (Å²) in [5.74, 6) is -0.591. The number of nitrogens with zero attached hydrogens (tertiary/aromatic N) is 3. The van der Waals surface area contributed by atoms with Gasteiger partial charge in [-0.25, -0.2) is 9.37 Å². The number of benzene rings is 3. The van der Waals surface area contributed by atoms with Gasteiger partial charge in [-0.15, -0.1) is 0 Å². The summed E-state index contributed by atoms with van der Waals surface area (Å²) in [4.78, 5) is 30.2. The molecule has 0 aliphatic rings. The molecule has 1 N–H and O–H groups in total. The molecule has 1 aromatic heterocycles. The Morgan fingerprint density at radius 1 is 1.16 bits per heavy atom. The number of aromatic nitrogens is 2. The number of carbonyl (C=O) groups is 1. The molecule has 0 radical (unpaired) electrons. The highest BCUT2D eigenvalue weighted by atomic mass is 79.9. The maximum absolute atomic E-state index is 13.8. The first-order valence-electron chi connectivity index (χ1n) is 11.4. The van der Waals surface area contributed by atoms with Crippen LogP contribution in [0.4, 0.5) is 10.1 Å². The lowest BCUT2D eigenvalue weighted by Gasteiger charge is -2.20. The van der Waals surface area contributed by atoms with Gasteiger partial charge in [-0.2, -0.15) is 9.78 Å². The number of halogens is 4. The van der Waals surface area contributed by atoms with E-state index in [0.717, 1.165) is 4.47 Å². The average Bonchev–Trinajstić information content (AvgIpc) is 2.84. The van der Waals surface area contributed by atoms with Crippen LogP contribution in [0.1, 0.15) is 32.2 Å². The van der Waals surface area contributed by atoms with Crippen LogP contribution in [0.3, 0.4) is 0 Å². The van der Waals surface area contributed by atoms with E-state index in [0.29, 0.717) is 22.3 Å². The van der Waals surface area contributed by atoms with Crippen LogP contribution in [0.2, 0.25) is 10.0 Å². The molecule has 7 nitrogen and oxygen atoms in total. The molecule has 0 fully saturated rings. The minimum Gasteiger partial charge on any atom is -0.481 e. The minimum absolute atomic E-state index is 0.0326. The number of ether oxygens (including phenoxy) is 1. The van der Waals surface area contributed by atoms with Crippen LogP contribution >= 0.6 is 39.1 Å². The Hall–Kier alpha value is -3.27. The largest absolute Gasteiger partial charge is 0.481 e. The van der Waals surface area contributed by atoms with Crippen LogP contribution in [-0.2, 0) is 10.2 Å². The Morgan fingerprint density at radius 3 is 2.50 bits per heavy atom. The van der Waals surface area contributed by atoms with Gasteiger partial charge in [0.1, 0.15) is 11.6 Å². The second-order valence-electron chi connectivity index (χ2n) is 9.34. The average molecular weight is 620 g/mol. The zero-order chi connectivity index (χ0) is 27.6. The van der Waals surface area contributed by atoms with Crippen molar-refractivity contribution in [3.8, 4) is 5.75 Å². The van der Waals surface area contributed by atoms with E-state index in [4.69, 9.17) is 27.9 Å². The first-order chi connectivity index (χ1) is 17.9. The molecule has 4 rings (SSSR count). The molecule has 0 saturated heterocycles. The summed E-state index contributed by atoms with van der Waals surface area (Å²) in [5.41, 5.74) is 0.291. The zero-order valence-corrected chi connectivity index (χ0v) is 23.7. The van der Waals surface area contributed by atoms with Gasteiger partial charge in [0.05, 0.1) is 32.9 Å². The Balaban J connectivity index is 1.59. The van der Waals surface area contributed by atoms with Gasteiger partial charge in [-0.05, 0) is 48.0 Å². The molecule has 0 spiro atoms. The van der Waals surface area contributed by atoms with Crippen LogP contribution in [0, 0.1) is 5.82 Å². The number of anilines is 1. The fraction of sp³-hybridized carbons (Fsp3) is 0.185. The Morgan fingerprint density at radius 2 is 1.84 bits per heavy atom. The Labute approximate surface area is 236 Å². The van der Waals surface area contributed by atoms with E-state index >= 15 is 0 Å². The third-order valence-corrected chi connectivity index (χ3v) is 6.37. The molecule has 0 saturated carbocycles. The zero-order valence-electron chi connectivity index (χ0n) is 20.6. The molecule has 0 atom stereocenters. The fourth-order valence-electron chi connectivity index (χ4n) is 3.54. The van der Waals surface area contributed by atoms with Crippen molar-refractivity contribution in [1.82, 2.24) is 9.66 Å². The summed E-state index contributed by atoms with van der Waals surface area (Å²) >= 11 is 16.1. The second-order valence-corrected chi connectivity index (χ2v) is 11.1. The summed E-state index contributed by atoms with van der Waals surface area (Å²) in [6.07, 6.45) is 1.44. The normalized spacial score (nSPS) is 11.8. The predicted molar refractivity (Wildman–Crippen MR) is 152 cm³/mol. The van der Waals surface area contributed by atoms with Gasteiger partial charge in [0.25, 0.3) is 11.5 Å². The van der Waals surface area contributed by atoms with Gasteiger partial charge in [0.15, 0.2) is 12.4 Å². The maximum Gasteiger partial charge on any atom is 0.282 e. The second kappa shape index (κ2) is 11.2. The molecule has 0 bridgehead atoms. The topological polar surface area (TPSA) is 85.6 Å². The van der Waals surface area contributed by atoms with Gasteiger partial charge in [0, 0.05) is 9.89 Å². The van der Waals surface area contributed by atoms with E-state index < -0.39 is 23.7 Å². The monoisotopic (exact) mass is 618 g/mol. The van der Waals surface area contributed by atoms with Crippen molar-refractivity contribution in [3.63, 3.8) is 0 Å². The third kappa shape index (κ3) is 6.23. The van der Waals surface area contributed by atoms with Gasteiger partial charge < -0.3 is 10.1 Å². The van der Waals surface area contributed by atoms with E-state index in [1.54, 1.807) is 18.2 Å². The van der Waals surface area contributed by atoms with E-state index in [-0.39, 0.29) is 27.0 Å². The van der Waals surface area contributed by atoms with Crippen LogP contribution in [0.5, 0.6) is 5.75 Å². The Kier molecular flexibility index (Phi) is 8.20. The van der Waals surface area contributed by atoms with Crippen molar-refractivity contribution in [2.24, 2.45) is 5.10 Å². The molecule has 0 unspecified atom stereocenters. The van der Waals surface area contributed by atoms with E-state index in [2.05, 4.69) is 31.3 Å². The first-order valence-corrected chi connectivity index (χ1v) is 12.9. The highest BCUT2D eigenvalue weighted by molar-refractivity contribution is 9.10. The lowest BCUT2D eigenvalue weighted by Crippen LogP contribution is -2.29. The summed E-state index contributed by atoms with van der Waals surface area (Å²) in [5, 5.41) is 7.50. The fourth-order valence-corrected chi connectivity index (χ4v) is 4.52. The smallest absolute Gasteiger partial charge is 0.282 e. The van der Waals surface area contributed by atoms with Gasteiger partial charge in [-0.1, -0.05) is 72.0 Å². The Bertz CT molecular complexity index is 1610. The van der Waals surface area contributed by atoms with Crippen LogP contribution in [0.25, 0.3) is 10.9 Å². The number of para-hydroxylation sites is 1. The highest BCUT2D eigenvalue weighted by Crippen LogP contribution is 2.34. The van der Waals surface area contributed by atoms with E-state index in [1.807, 2.05) is 26.8 Å². The van der Waals surface area contributed by atoms with Crippen molar-refractivity contribution in [3.05, 3.63) is 96.7 Å². The molecule has 4 aromatic rings. The number of hydrogen-bond donors (Lipinski definition) is 1. The summed E-state index contributed by atoms with van der Waals surface area (Å²) in [6.45, 7) is 5.37. The van der Waals surface area contributed by atoms with Crippen molar-refractivity contribution >= 4 is 67.8 Å². The molecule has 11 heteroatoms. The van der Waals surface area contributed by atoms with Crippen molar-refractivity contribution < 1.29 is 13.9 Å². The maximum atomic E-state index is 13.8. The molecule has 0 aliphatic heterocycles. The quantitative estimate of drug-likeness (QED) is 0.241. The molecule has 1 amide bonds. The van der Waals surface area contributed by atoms with E-state index in [9.17, 15) is 14.0 Å². The predicted octanol–water partition coefficient (Wildman–Crippen LogP) is 6.80. The standard InChI is InChI=1S/C27H22BrCl2FN4O3/c1-27(2,3)26-34-21-9-8-16(28)12-17(21)25(37)35(26)32-13-15-10-18(29)24(19(30)11-15)38-14-23(36)33-22-7-5-4-6-20(22)31/h4-13H,14H2,1-3H3,(H,33,36).